The van der Waals surface area contributed by atoms with Crippen molar-refractivity contribution in [1.29, 1.82) is 0 Å². The van der Waals surface area contributed by atoms with Crippen LogP contribution in [0.1, 0.15) is 27.2 Å². The molecule has 0 aliphatic carbocycles. The molecule has 2 aromatic heterocycles. The number of carbonyl (C=O) groups is 1. The van der Waals surface area contributed by atoms with Crippen LogP contribution in [0.15, 0.2) is 60.9 Å². The Labute approximate surface area is 164 Å². The van der Waals surface area contributed by atoms with E-state index in [-0.39, 0.29) is 11.7 Å². The maximum atomic E-state index is 12.4. The number of nitrogens with zero attached hydrogens (tertiary/aromatic N) is 3. The molecule has 0 radical (unpaired) electrons. The molecule has 0 unspecified atom stereocenters. The van der Waals surface area contributed by atoms with Gasteiger partial charge in [-0.05, 0) is 48.9 Å². The lowest BCUT2D eigenvalue weighted by atomic mass is 10.1. The van der Waals surface area contributed by atoms with E-state index < -0.39 is 0 Å². The van der Waals surface area contributed by atoms with Crippen LogP contribution in [-0.2, 0) is 13.0 Å². The molecule has 0 atom stereocenters. The van der Waals surface area contributed by atoms with Crippen molar-refractivity contribution in [2.24, 2.45) is 0 Å². The van der Waals surface area contributed by atoms with Crippen LogP contribution in [0.2, 0.25) is 0 Å². The molecular formula is C22H24N4O2. The minimum Gasteiger partial charge on any atom is -0.508 e. The van der Waals surface area contributed by atoms with Crippen LogP contribution >= 0.6 is 0 Å². The van der Waals surface area contributed by atoms with E-state index in [9.17, 15) is 9.90 Å². The van der Waals surface area contributed by atoms with Crippen LogP contribution in [0, 0.1) is 6.92 Å². The molecule has 1 aromatic carbocycles. The van der Waals surface area contributed by atoms with Gasteiger partial charge >= 0.3 is 0 Å². The summed E-state index contributed by atoms with van der Waals surface area (Å²) in [6.45, 7) is 2.91. The number of phenols is 1. The highest BCUT2D eigenvalue weighted by molar-refractivity contribution is 5.94. The number of pyridine rings is 2. The molecule has 1 amide bonds. The maximum absolute atomic E-state index is 12.4. The number of aromatic nitrogens is 2. The number of nitrogens with one attached hydrogen (secondary N) is 1. The molecular weight excluding hydrogens is 352 g/mol. The molecule has 0 saturated carbocycles. The number of hydrogen-bond acceptors (Lipinski definition) is 5. The van der Waals surface area contributed by atoms with Gasteiger partial charge in [0.05, 0.1) is 0 Å². The number of likely N-dealkylation sites (N-methyl/N-ethyl adjacent to an activating group) is 1. The lowest BCUT2D eigenvalue weighted by molar-refractivity contribution is 0.0951. The van der Waals surface area contributed by atoms with Crippen molar-refractivity contribution in [3.63, 3.8) is 0 Å². The fourth-order valence-corrected chi connectivity index (χ4v) is 2.92. The van der Waals surface area contributed by atoms with Crippen molar-refractivity contribution < 1.29 is 9.90 Å². The van der Waals surface area contributed by atoms with Gasteiger partial charge in [-0.15, -0.1) is 0 Å². The van der Waals surface area contributed by atoms with Gasteiger partial charge < -0.3 is 15.3 Å². The lowest BCUT2D eigenvalue weighted by Crippen LogP contribution is -2.27. The predicted molar refractivity (Wildman–Crippen MR) is 109 cm³/mol. The van der Waals surface area contributed by atoms with Crippen LogP contribution in [0.3, 0.4) is 0 Å². The Morgan fingerprint density at radius 2 is 1.93 bits per heavy atom. The summed E-state index contributed by atoms with van der Waals surface area (Å²) in [5.74, 6) is 0.829. The van der Waals surface area contributed by atoms with Crippen LogP contribution < -0.4 is 10.2 Å². The van der Waals surface area contributed by atoms with E-state index >= 15 is 0 Å². The van der Waals surface area contributed by atoms with E-state index in [2.05, 4.69) is 20.2 Å². The molecule has 3 aromatic rings. The highest BCUT2D eigenvalue weighted by atomic mass is 16.3. The van der Waals surface area contributed by atoms with E-state index in [0.29, 0.717) is 17.7 Å². The number of aromatic hydroxyl groups is 1. The van der Waals surface area contributed by atoms with Crippen LogP contribution in [0.4, 0.5) is 5.82 Å². The average Bonchev–Trinajstić information content (AvgIpc) is 2.73. The zero-order valence-electron chi connectivity index (χ0n) is 16.1. The van der Waals surface area contributed by atoms with E-state index in [1.807, 2.05) is 37.4 Å². The number of carbonyl (C=O) groups excluding carboxylic acids is 1. The van der Waals surface area contributed by atoms with Crippen molar-refractivity contribution in [3.8, 4) is 5.75 Å². The Kier molecular flexibility index (Phi) is 6.22. The van der Waals surface area contributed by atoms with Crippen LogP contribution in [-0.4, -0.2) is 34.6 Å². The van der Waals surface area contributed by atoms with Gasteiger partial charge in [0.1, 0.15) is 11.6 Å². The monoisotopic (exact) mass is 376 g/mol. The summed E-state index contributed by atoms with van der Waals surface area (Å²) >= 11 is 0. The molecule has 0 saturated heterocycles. The fourth-order valence-electron chi connectivity index (χ4n) is 2.92. The summed E-state index contributed by atoms with van der Waals surface area (Å²) in [6.07, 6.45) is 4.36. The first-order valence-corrected chi connectivity index (χ1v) is 9.17. The number of hydrogen-bond donors (Lipinski definition) is 2. The first kappa shape index (κ1) is 19.4. The molecule has 2 heterocycles. The van der Waals surface area contributed by atoms with E-state index in [1.165, 1.54) is 6.07 Å². The zero-order chi connectivity index (χ0) is 19.9. The van der Waals surface area contributed by atoms with Gasteiger partial charge in [-0.1, -0.05) is 12.1 Å². The zero-order valence-corrected chi connectivity index (χ0v) is 16.1. The summed E-state index contributed by atoms with van der Waals surface area (Å²) in [5.41, 5.74) is 3.16. The Morgan fingerprint density at radius 1 is 1.11 bits per heavy atom. The minimum atomic E-state index is -0.186. The van der Waals surface area contributed by atoms with E-state index in [0.717, 1.165) is 30.0 Å². The third-order valence-corrected chi connectivity index (χ3v) is 4.56. The summed E-state index contributed by atoms with van der Waals surface area (Å²) in [4.78, 5) is 23.3. The van der Waals surface area contributed by atoms with Crippen LogP contribution in [0.5, 0.6) is 5.75 Å². The third-order valence-electron chi connectivity index (χ3n) is 4.56. The second-order valence-electron chi connectivity index (χ2n) is 6.66. The lowest BCUT2D eigenvalue weighted by Gasteiger charge is -2.21. The number of anilines is 1. The van der Waals surface area contributed by atoms with Crippen molar-refractivity contribution in [3.05, 3.63) is 83.3 Å². The number of phenolic OH excluding ortho intramolecular Hbond substituents is 1. The summed E-state index contributed by atoms with van der Waals surface area (Å²) < 4.78 is 0. The maximum Gasteiger partial charge on any atom is 0.251 e. The Balaban J connectivity index is 1.64. The van der Waals surface area contributed by atoms with Crippen molar-refractivity contribution in [2.45, 2.75) is 19.9 Å². The van der Waals surface area contributed by atoms with Crippen molar-refractivity contribution >= 4 is 11.7 Å². The molecule has 6 nitrogen and oxygen atoms in total. The van der Waals surface area contributed by atoms with Gasteiger partial charge in [-0.3, -0.25) is 9.78 Å². The minimum absolute atomic E-state index is 0.181. The molecule has 28 heavy (non-hydrogen) atoms. The highest BCUT2D eigenvalue weighted by Crippen LogP contribution is 2.18. The largest absolute Gasteiger partial charge is 0.508 e. The second kappa shape index (κ2) is 8.99. The fraction of sp³-hybridized carbons (Fsp3) is 0.227. The molecule has 0 fully saturated rings. The quantitative estimate of drug-likeness (QED) is 0.662. The Morgan fingerprint density at radius 3 is 2.68 bits per heavy atom. The van der Waals surface area contributed by atoms with E-state index in [4.69, 9.17) is 0 Å². The molecule has 0 aliphatic rings. The summed E-state index contributed by atoms with van der Waals surface area (Å²) in [6, 6.07) is 14.5. The van der Waals surface area contributed by atoms with Crippen molar-refractivity contribution in [1.82, 2.24) is 15.3 Å². The number of rotatable bonds is 7. The van der Waals surface area contributed by atoms with Gasteiger partial charge in [0.2, 0.25) is 0 Å². The standard InChI is InChI=1S/C22H24N4O2/c1-16-14-17(8-9-20(16)27)22(28)25-15-18-6-5-12-24-21(18)26(2)13-10-19-7-3-4-11-23-19/h3-9,11-12,14,27H,10,13,15H2,1-2H3,(H,25,28). The van der Waals surface area contributed by atoms with Gasteiger partial charge in [0.25, 0.3) is 5.91 Å². The Bertz CT molecular complexity index is 944. The molecule has 0 aliphatic heterocycles. The van der Waals surface area contributed by atoms with Crippen molar-refractivity contribution in [2.75, 3.05) is 18.5 Å². The number of aryl methyl sites for hydroxylation is 1. The summed E-state index contributed by atoms with van der Waals surface area (Å²) in [7, 11) is 1.99. The molecule has 0 spiro atoms. The van der Waals surface area contributed by atoms with Gasteiger partial charge in [0, 0.05) is 55.8 Å². The first-order valence-electron chi connectivity index (χ1n) is 9.17. The Hall–Kier alpha value is -3.41. The first-order chi connectivity index (χ1) is 13.5. The van der Waals surface area contributed by atoms with Gasteiger partial charge in [0.15, 0.2) is 0 Å². The van der Waals surface area contributed by atoms with Crippen LogP contribution in [0.25, 0.3) is 0 Å². The highest BCUT2D eigenvalue weighted by Gasteiger charge is 2.12. The third kappa shape index (κ3) is 4.85. The van der Waals surface area contributed by atoms with E-state index in [1.54, 1.807) is 31.5 Å². The molecule has 2 N–H and O–H groups in total. The summed E-state index contributed by atoms with van der Waals surface area (Å²) in [5, 5.41) is 12.5. The normalized spacial score (nSPS) is 10.5. The molecule has 0 bridgehead atoms. The van der Waals surface area contributed by atoms with Gasteiger partial charge in [-0.25, -0.2) is 4.98 Å². The number of amides is 1. The van der Waals surface area contributed by atoms with Gasteiger partial charge in [-0.2, -0.15) is 0 Å². The molecule has 3 rings (SSSR count). The molecule has 144 valence electrons. The topological polar surface area (TPSA) is 78.4 Å². The average molecular weight is 376 g/mol. The second-order valence-corrected chi connectivity index (χ2v) is 6.66. The smallest absolute Gasteiger partial charge is 0.251 e. The number of benzene rings is 1. The molecule has 6 heteroatoms. The predicted octanol–water partition coefficient (Wildman–Crippen LogP) is 3.10. The SMILES string of the molecule is Cc1cc(C(=O)NCc2cccnc2N(C)CCc2ccccn2)ccc1O.